The van der Waals surface area contributed by atoms with E-state index in [9.17, 15) is 0 Å². The van der Waals surface area contributed by atoms with Crippen molar-refractivity contribution in [2.45, 2.75) is 104 Å². The van der Waals surface area contributed by atoms with Gasteiger partial charge in [-0.15, -0.1) is 0 Å². The van der Waals surface area contributed by atoms with Crippen LogP contribution >= 0.6 is 31.7 Å². The highest BCUT2D eigenvalue weighted by Crippen LogP contribution is 2.57. The molecule has 7 heterocycles. The van der Waals surface area contributed by atoms with Crippen LogP contribution in [0.5, 0.6) is 23.0 Å². The number of hydrogen-bond acceptors (Lipinski definition) is 4. The van der Waals surface area contributed by atoms with Crippen LogP contribution in [0.15, 0.2) is 97.1 Å². The van der Waals surface area contributed by atoms with Crippen molar-refractivity contribution in [1.29, 1.82) is 0 Å². The minimum Gasteiger partial charge on any atom is -0.493 e. The van der Waals surface area contributed by atoms with Crippen molar-refractivity contribution in [3.63, 3.8) is 0 Å². The lowest BCUT2D eigenvalue weighted by atomic mass is 10.2. The van der Waals surface area contributed by atoms with Gasteiger partial charge in [-0.3, -0.25) is 0 Å². The van der Waals surface area contributed by atoms with Crippen LogP contribution in [0.25, 0.3) is 0 Å². The maximum Gasteiger partial charge on any atom is 0.119 e. The number of ether oxygens (including phenoxy) is 4. The Balaban J connectivity index is 1.29. The molecule has 0 fully saturated rings. The van der Waals surface area contributed by atoms with Gasteiger partial charge in [0.1, 0.15) is 23.0 Å². The van der Waals surface area contributed by atoms with E-state index < -0.39 is 0 Å². The second kappa shape index (κ2) is 24.1. The Morgan fingerprint density at radius 2 is 0.453 bits per heavy atom. The molecule has 4 nitrogen and oxygen atoms in total. The molecule has 0 radical (unpaired) electrons. The van der Waals surface area contributed by atoms with Gasteiger partial charge < -0.3 is 18.9 Å². The van der Waals surface area contributed by atoms with Crippen molar-refractivity contribution in [2.75, 3.05) is 75.7 Å². The van der Waals surface area contributed by atoms with Crippen molar-refractivity contribution in [3.05, 3.63) is 119 Å². The minimum atomic E-state index is -0.220. The van der Waals surface area contributed by atoms with E-state index in [1.165, 1.54) is 24.6 Å². The van der Waals surface area contributed by atoms with Crippen LogP contribution in [0.1, 0.15) is 105 Å². The van der Waals surface area contributed by atoms with E-state index in [1.54, 1.807) is 0 Å². The lowest BCUT2D eigenvalue weighted by Crippen LogP contribution is -2.23. The van der Waals surface area contributed by atoms with Crippen LogP contribution in [-0.2, 0) is 0 Å². The summed E-state index contributed by atoms with van der Waals surface area (Å²) in [5.74, 6) is 17.0. The Bertz CT molecular complexity index is 1830. The Kier molecular flexibility index (Phi) is 19.5. The van der Waals surface area contributed by atoms with Gasteiger partial charge in [-0.05, 0) is 142 Å². The highest BCUT2D eigenvalue weighted by molar-refractivity contribution is 7.64. The molecule has 4 aromatic rings. The highest BCUT2D eigenvalue weighted by Gasteiger charge is 2.30. The third-order valence-corrected chi connectivity index (χ3v) is 26.0. The fourth-order valence-corrected chi connectivity index (χ4v) is 18.9. The summed E-state index contributed by atoms with van der Waals surface area (Å²) in [5, 5.41) is 1.05. The van der Waals surface area contributed by atoms with E-state index in [4.69, 9.17) is 18.9 Å². The molecule has 11 rings (SSSR count). The van der Waals surface area contributed by atoms with E-state index >= 15 is 0 Å². The van der Waals surface area contributed by atoms with Crippen molar-refractivity contribution < 1.29 is 18.9 Å². The molecule has 7 aliphatic rings. The maximum atomic E-state index is 6.34. The first-order valence-electron chi connectivity index (χ1n) is 23.2. The number of hydrogen-bond donors (Lipinski definition) is 0. The Labute approximate surface area is 394 Å². The summed E-state index contributed by atoms with van der Waals surface area (Å²) in [6.07, 6.45) is 9.40. The van der Waals surface area contributed by atoms with Crippen molar-refractivity contribution >= 4 is 31.7 Å². The van der Waals surface area contributed by atoms with E-state index in [-0.39, 0.29) is 52.3 Å². The zero-order valence-electron chi connectivity index (χ0n) is 41.1. The molecule has 7 aliphatic heterocycles. The van der Waals surface area contributed by atoms with Gasteiger partial charge >= 0.3 is 0 Å². The summed E-state index contributed by atoms with van der Waals surface area (Å²) in [6, 6.07) is 33.0. The minimum absolute atomic E-state index is 0.220. The molecular weight excluding hydrogens is 861 g/mol. The standard InChI is InChI=1S/C56H76O4P4/c1-53(2,3)61-37-33-57-49-25-17-45(18-26-49)13-14-46-21-29-51(30-22-46)59-35-39-63(55(7,8)9)43-44-64(56(10,11)12)40-36-60-52-31-23-48(24-32-52)16-15-47-19-27-50(28-20-47)58-34-38-62(42-41-61)54(4,5)6/h17-32H,33-44H2,1-12H3. The molecule has 0 aliphatic carbocycles. The first-order chi connectivity index (χ1) is 30.2. The van der Waals surface area contributed by atoms with Crippen LogP contribution in [0, 0.1) is 23.7 Å². The second-order valence-corrected chi connectivity index (χ2v) is 33.9. The molecule has 0 saturated carbocycles. The molecule has 0 N–H and O–H groups in total. The van der Waals surface area contributed by atoms with E-state index in [2.05, 4.69) is 204 Å². The molecule has 0 aromatic heterocycles. The lowest BCUT2D eigenvalue weighted by Gasteiger charge is -2.36. The molecule has 344 valence electrons. The zero-order valence-corrected chi connectivity index (χ0v) is 44.7. The van der Waals surface area contributed by atoms with Crippen molar-refractivity contribution in [1.82, 2.24) is 0 Å². The van der Waals surface area contributed by atoms with Crippen molar-refractivity contribution in [2.24, 2.45) is 0 Å². The molecular formula is C56H76O4P4. The summed E-state index contributed by atoms with van der Waals surface area (Å²) in [5.41, 5.74) is 3.92. The summed E-state index contributed by atoms with van der Waals surface area (Å²) >= 11 is 0. The van der Waals surface area contributed by atoms with E-state index in [0.29, 0.717) is 0 Å². The summed E-state index contributed by atoms with van der Waals surface area (Å²) < 4.78 is 25.4. The average molecular weight is 937 g/mol. The van der Waals surface area contributed by atoms with Gasteiger partial charge in [0.2, 0.25) is 0 Å². The third kappa shape index (κ3) is 18.0. The maximum absolute atomic E-state index is 6.34. The molecule has 8 bridgehead atoms. The van der Waals surface area contributed by atoms with Crippen LogP contribution in [0.2, 0.25) is 0 Å². The second-order valence-electron chi connectivity index (χ2n) is 20.6. The topological polar surface area (TPSA) is 36.9 Å². The largest absolute Gasteiger partial charge is 0.493 e. The van der Waals surface area contributed by atoms with Gasteiger partial charge in [-0.2, -0.15) is 0 Å². The molecule has 0 amide bonds. The highest BCUT2D eigenvalue weighted by atomic mass is 31.1. The molecule has 64 heavy (non-hydrogen) atoms. The predicted molar refractivity (Wildman–Crippen MR) is 285 cm³/mol. The molecule has 4 aromatic carbocycles. The van der Waals surface area contributed by atoms with E-state index in [0.717, 1.165) is 96.3 Å². The van der Waals surface area contributed by atoms with Gasteiger partial charge in [0.05, 0.1) is 26.4 Å². The van der Waals surface area contributed by atoms with Gasteiger partial charge in [0.25, 0.3) is 0 Å². The molecule has 4 atom stereocenters. The molecule has 0 spiro atoms. The SMILES string of the molecule is CC(C)(C)P1CCOc2ccc(cc2)C#Cc2ccc(cc2)OCCP(C(C)(C)C)CCP(C(C)(C)C)CCOc2ccc(cc2)C#Cc2ccc(cc2)OCCP(C(C)(C)C)CC1. The average Bonchev–Trinajstić information content (AvgIpc) is 3.22. The molecule has 0 saturated heterocycles. The Hall–Kier alpha value is -3.08. The normalized spacial score (nSPS) is 20.6. The predicted octanol–water partition coefficient (Wildman–Crippen LogP) is 14.8. The summed E-state index contributed by atoms with van der Waals surface area (Å²) in [7, 11) is -0.878. The summed E-state index contributed by atoms with van der Waals surface area (Å²) in [6.45, 7) is 31.8. The van der Waals surface area contributed by atoms with Crippen LogP contribution in [-0.4, -0.2) is 96.3 Å². The smallest absolute Gasteiger partial charge is 0.119 e. The molecule has 4 unspecified atom stereocenters. The van der Waals surface area contributed by atoms with Crippen LogP contribution in [0.4, 0.5) is 0 Å². The third-order valence-electron chi connectivity index (χ3n) is 11.7. The van der Waals surface area contributed by atoms with E-state index in [1.807, 2.05) is 0 Å². The van der Waals surface area contributed by atoms with Crippen molar-refractivity contribution in [3.8, 4) is 46.7 Å². The number of benzene rings is 4. The van der Waals surface area contributed by atoms with Crippen LogP contribution in [0.3, 0.4) is 0 Å². The van der Waals surface area contributed by atoms with Gasteiger partial charge in [-0.1, -0.05) is 138 Å². The fraction of sp³-hybridized carbons (Fsp3) is 0.500. The first kappa shape index (κ1) is 51.9. The zero-order chi connectivity index (χ0) is 46.4. The fourth-order valence-electron chi connectivity index (χ4n) is 7.53. The summed E-state index contributed by atoms with van der Waals surface area (Å²) in [4.78, 5) is 0. The van der Waals surface area contributed by atoms with Gasteiger partial charge in [0.15, 0.2) is 0 Å². The first-order valence-corrected chi connectivity index (χ1v) is 30.0. The van der Waals surface area contributed by atoms with Gasteiger partial charge in [0, 0.05) is 46.9 Å². The quantitative estimate of drug-likeness (QED) is 0.130. The monoisotopic (exact) mass is 936 g/mol. The van der Waals surface area contributed by atoms with Crippen LogP contribution < -0.4 is 18.9 Å². The Morgan fingerprint density at radius 1 is 0.281 bits per heavy atom. The van der Waals surface area contributed by atoms with Gasteiger partial charge in [-0.25, -0.2) is 0 Å². The lowest BCUT2D eigenvalue weighted by molar-refractivity contribution is 0.342. The molecule has 8 heteroatoms. The number of rotatable bonds is 0. The Morgan fingerprint density at radius 3 is 0.609 bits per heavy atom.